The minimum atomic E-state index is 0.454. The highest BCUT2D eigenvalue weighted by molar-refractivity contribution is 5.36. The van der Waals surface area contributed by atoms with E-state index in [1.165, 1.54) is 24.8 Å². The highest BCUT2D eigenvalue weighted by Crippen LogP contribution is 2.39. The monoisotopic (exact) mass is 247 g/mol. The molecular weight excluding hydrogens is 222 g/mol. The van der Waals surface area contributed by atoms with Crippen molar-refractivity contribution >= 4 is 0 Å². The van der Waals surface area contributed by atoms with Crippen LogP contribution in [0.25, 0.3) is 0 Å². The van der Waals surface area contributed by atoms with Crippen LogP contribution < -0.4 is 10.1 Å². The minimum Gasteiger partial charge on any atom is -0.493 e. The van der Waals surface area contributed by atoms with Gasteiger partial charge in [-0.3, -0.25) is 0 Å². The van der Waals surface area contributed by atoms with E-state index < -0.39 is 0 Å². The molecule has 1 unspecified atom stereocenters. The Hall–Kier alpha value is -1.02. The summed E-state index contributed by atoms with van der Waals surface area (Å²) in [6.45, 7) is 6.14. The van der Waals surface area contributed by atoms with Crippen LogP contribution in [0, 0.1) is 5.92 Å². The fourth-order valence-corrected chi connectivity index (χ4v) is 2.37. The van der Waals surface area contributed by atoms with Crippen LogP contribution in [0.15, 0.2) is 24.3 Å². The fraction of sp³-hybridized carbons (Fsp3) is 0.625. The summed E-state index contributed by atoms with van der Waals surface area (Å²) in [5.74, 6) is 1.99. The molecule has 100 valence electrons. The number of nitrogens with one attached hydrogen (secondary N) is 1. The average molecular weight is 247 g/mol. The Morgan fingerprint density at radius 1 is 1.28 bits per heavy atom. The van der Waals surface area contributed by atoms with Crippen molar-refractivity contribution in [2.24, 2.45) is 5.92 Å². The Balaban J connectivity index is 2.10. The van der Waals surface area contributed by atoms with Crippen LogP contribution in [0.3, 0.4) is 0 Å². The van der Waals surface area contributed by atoms with Crippen LogP contribution in [-0.2, 0) is 0 Å². The molecule has 1 fully saturated rings. The van der Waals surface area contributed by atoms with Gasteiger partial charge in [0, 0.05) is 11.6 Å². The van der Waals surface area contributed by atoms with E-state index in [-0.39, 0.29) is 0 Å². The first-order valence-corrected chi connectivity index (χ1v) is 7.30. The summed E-state index contributed by atoms with van der Waals surface area (Å²) < 4.78 is 5.88. The highest BCUT2D eigenvalue weighted by atomic mass is 16.5. The van der Waals surface area contributed by atoms with E-state index >= 15 is 0 Å². The predicted molar refractivity (Wildman–Crippen MR) is 76.0 cm³/mol. The van der Waals surface area contributed by atoms with Gasteiger partial charge in [0.05, 0.1) is 6.61 Å². The van der Waals surface area contributed by atoms with Crippen LogP contribution in [0.4, 0.5) is 0 Å². The van der Waals surface area contributed by atoms with Crippen molar-refractivity contribution in [3.63, 3.8) is 0 Å². The summed E-state index contributed by atoms with van der Waals surface area (Å²) in [5.41, 5.74) is 1.33. The standard InChI is InChI=1S/C16H25NO/c1-3-11-18-16-8-6-5-7-14(16)15(17-4-2)12-13-9-10-13/h5-8,13,15,17H,3-4,9-12H2,1-2H3. The lowest BCUT2D eigenvalue weighted by molar-refractivity contribution is 0.308. The van der Waals surface area contributed by atoms with Crippen LogP contribution in [0.2, 0.25) is 0 Å². The summed E-state index contributed by atoms with van der Waals surface area (Å²) in [6, 6.07) is 8.94. The van der Waals surface area contributed by atoms with Crippen LogP contribution >= 0.6 is 0 Å². The quantitative estimate of drug-likeness (QED) is 0.751. The number of para-hydroxylation sites is 1. The summed E-state index contributed by atoms with van der Waals surface area (Å²) >= 11 is 0. The van der Waals surface area contributed by atoms with Gasteiger partial charge in [0.15, 0.2) is 0 Å². The van der Waals surface area contributed by atoms with E-state index in [1.807, 2.05) is 0 Å². The van der Waals surface area contributed by atoms with E-state index in [9.17, 15) is 0 Å². The Morgan fingerprint density at radius 2 is 2.06 bits per heavy atom. The molecule has 2 heteroatoms. The van der Waals surface area contributed by atoms with Gasteiger partial charge in [0.25, 0.3) is 0 Å². The van der Waals surface area contributed by atoms with Crippen molar-refractivity contribution < 1.29 is 4.74 Å². The lowest BCUT2D eigenvalue weighted by atomic mass is 10.00. The zero-order valence-corrected chi connectivity index (χ0v) is 11.6. The minimum absolute atomic E-state index is 0.454. The van der Waals surface area contributed by atoms with Crippen LogP contribution in [0.5, 0.6) is 5.75 Å². The molecule has 0 bridgehead atoms. The van der Waals surface area contributed by atoms with E-state index in [0.717, 1.165) is 31.2 Å². The van der Waals surface area contributed by atoms with Crippen molar-refractivity contribution in [2.75, 3.05) is 13.2 Å². The van der Waals surface area contributed by atoms with Gasteiger partial charge in [-0.15, -0.1) is 0 Å². The zero-order chi connectivity index (χ0) is 12.8. The predicted octanol–water partition coefficient (Wildman–Crippen LogP) is 3.93. The van der Waals surface area contributed by atoms with Gasteiger partial charge < -0.3 is 10.1 Å². The highest BCUT2D eigenvalue weighted by Gasteiger charge is 2.27. The van der Waals surface area contributed by atoms with Gasteiger partial charge in [0.1, 0.15) is 5.75 Å². The van der Waals surface area contributed by atoms with Crippen molar-refractivity contribution in [3.8, 4) is 5.75 Å². The van der Waals surface area contributed by atoms with Gasteiger partial charge in [-0.25, -0.2) is 0 Å². The van der Waals surface area contributed by atoms with Crippen LogP contribution in [-0.4, -0.2) is 13.2 Å². The second-order valence-corrected chi connectivity index (χ2v) is 5.18. The van der Waals surface area contributed by atoms with Gasteiger partial charge in [-0.2, -0.15) is 0 Å². The summed E-state index contributed by atoms with van der Waals surface area (Å²) in [7, 11) is 0. The molecule has 1 N–H and O–H groups in total. The first kappa shape index (κ1) is 13.4. The third-order valence-corrected chi connectivity index (χ3v) is 3.47. The normalized spacial score (nSPS) is 16.6. The topological polar surface area (TPSA) is 21.3 Å². The van der Waals surface area contributed by atoms with Gasteiger partial charge in [0.2, 0.25) is 0 Å². The Kier molecular flexibility index (Phi) is 5.06. The summed E-state index contributed by atoms with van der Waals surface area (Å²) in [5, 5.41) is 3.61. The van der Waals surface area contributed by atoms with Crippen molar-refractivity contribution in [3.05, 3.63) is 29.8 Å². The Labute approximate surface area is 111 Å². The SMILES string of the molecule is CCCOc1ccccc1C(CC1CC1)NCC. The maximum atomic E-state index is 5.88. The van der Waals surface area contributed by atoms with Crippen molar-refractivity contribution in [1.29, 1.82) is 0 Å². The first-order chi connectivity index (χ1) is 8.85. The molecule has 0 aromatic heterocycles. The van der Waals surface area contributed by atoms with Crippen LogP contribution in [0.1, 0.15) is 51.1 Å². The van der Waals surface area contributed by atoms with E-state index in [4.69, 9.17) is 4.74 Å². The van der Waals surface area contributed by atoms with Crippen molar-refractivity contribution in [2.45, 2.75) is 45.6 Å². The number of hydrogen-bond acceptors (Lipinski definition) is 2. The average Bonchev–Trinajstić information content (AvgIpc) is 3.20. The maximum absolute atomic E-state index is 5.88. The molecule has 18 heavy (non-hydrogen) atoms. The number of rotatable bonds is 8. The summed E-state index contributed by atoms with van der Waals surface area (Å²) in [4.78, 5) is 0. The fourth-order valence-electron chi connectivity index (χ4n) is 2.37. The Bertz CT molecular complexity index is 360. The smallest absolute Gasteiger partial charge is 0.124 e. The lowest BCUT2D eigenvalue weighted by Gasteiger charge is -2.21. The third-order valence-electron chi connectivity index (χ3n) is 3.47. The molecule has 1 aromatic carbocycles. The number of hydrogen-bond donors (Lipinski definition) is 1. The number of benzene rings is 1. The molecule has 0 spiro atoms. The van der Waals surface area contributed by atoms with E-state index in [1.54, 1.807) is 0 Å². The molecule has 2 rings (SSSR count). The molecule has 0 amide bonds. The molecule has 2 nitrogen and oxygen atoms in total. The molecule has 1 atom stereocenters. The molecule has 1 aliphatic carbocycles. The molecule has 0 radical (unpaired) electrons. The third kappa shape index (κ3) is 3.74. The molecule has 0 heterocycles. The van der Waals surface area contributed by atoms with Gasteiger partial charge >= 0.3 is 0 Å². The second kappa shape index (κ2) is 6.79. The zero-order valence-electron chi connectivity index (χ0n) is 11.6. The Morgan fingerprint density at radius 3 is 2.72 bits per heavy atom. The second-order valence-electron chi connectivity index (χ2n) is 5.18. The molecule has 1 saturated carbocycles. The first-order valence-electron chi connectivity index (χ1n) is 7.30. The largest absolute Gasteiger partial charge is 0.493 e. The molecule has 1 aromatic rings. The summed E-state index contributed by atoms with van der Waals surface area (Å²) in [6.07, 6.45) is 5.11. The molecule has 0 aliphatic heterocycles. The molecular formula is C16H25NO. The molecule has 0 saturated heterocycles. The number of ether oxygens (including phenoxy) is 1. The van der Waals surface area contributed by atoms with E-state index in [0.29, 0.717) is 6.04 Å². The molecule has 1 aliphatic rings. The van der Waals surface area contributed by atoms with E-state index in [2.05, 4.69) is 43.4 Å². The van der Waals surface area contributed by atoms with Gasteiger partial charge in [-0.1, -0.05) is 44.9 Å². The van der Waals surface area contributed by atoms with Gasteiger partial charge in [-0.05, 0) is 31.4 Å². The maximum Gasteiger partial charge on any atom is 0.124 e. The van der Waals surface area contributed by atoms with Crippen molar-refractivity contribution in [1.82, 2.24) is 5.32 Å². The lowest BCUT2D eigenvalue weighted by Crippen LogP contribution is -2.22.